The van der Waals surface area contributed by atoms with Gasteiger partial charge in [0, 0.05) is 102 Å². The SMILES string of the molecule is COC1(CN2C[C@@H]3C(CN4CCN5c6cc(-c7ccccc7O)nnc6NC[C@H]5C4)[C@@H]3C2)CCN(c2ccc3c(c2)C(=O)N(C2CCC(=O)NC2=O)C3)CC1. The number of para-hydroxylation sites is 1. The highest BCUT2D eigenvalue weighted by Gasteiger charge is 2.57. The molecular formula is C41H49N9O5. The maximum atomic E-state index is 13.4. The van der Waals surface area contributed by atoms with Gasteiger partial charge in [-0.3, -0.25) is 29.5 Å². The van der Waals surface area contributed by atoms with E-state index in [0.29, 0.717) is 35.8 Å². The molecule has 4 saturated heterocycles. The van der Waals surface area contributed by atoms with Crippen LogP contribution in [0.15, 0.2) is 48.5 Å². The Morgan fingerprint density at radius 3 is 2.51 bits per heavy atom. The number of carbonyl (C=O) groups excluding carboxylic acids is 3. The monoisotopic (exact) mass is 747 g/mol. The van der Waals surface area contributed by atoms with E-state index in [2.05, 4.69) is 52.6 Å². The number of imide groups is 1. The van der Waals surface area contributed by atoms with Gasteiger partial charge in [0.2, 0.25) is 11.8 Å². The molecule has 2 aromatic carbocycles. The number of aromatic hydroxyl groups is 1. The first-order chi connectivity index (χ1) is 26.8. The zero-order valence-corrected chi connectivity index (χ0v) is 31.3. The van der Waals surface area contributed by atoms with Crippen LogP contribution in [0.3, 0.4) is 0 Å². The number of nitrogens with one attached hydrogen (secondary N) is 2. The summed E-state index contributed by atoms with van der Waals surface area (Å²) in [5, 5.41) is 25.2. The predicted molar refractivity (Wildman–Crippen MR) is 206 cm³/mol. The fraction of sp³-hybridized carbons (Fsp3) is 0.537. The number of carbonyl (C=O) groups is 3. The lowest BCUT2D eigenvalue weighted by molar-refractivity contribution is -0.136. The number of nitrogens with zero attached hydrogens (tertiary/aromatic N) is 7. The van der Waals surface area contributed by atoms with Crippen molar-refractivity contribution in [3.63, 3.8) is 0 Å². The molecule has 6 aliphatic heterocycles. The molecule has 3 N–H and O–H groups in total. The van der Waals surface area contributed by atoms with E-state index < -0.39 is 6.04 Å². The molecule has 55 heavy (non-hydrogen) atoms. The normalized spacial score (nSPS) is 28.6. The van der Waals surface area contributed by atoms with Gasteiger partial charge in [-0.2, -0.15) is 0 Å². The Bertz CT molecular complexity index is 2020. The van der Waals surface area contributed by atoms with Crippen LogP contribution in [0.4, 0.5) is 17.2 Å². The molecule has 10 rings (SSSR count). The van der Waals surface area contributed by atoms with E-state index in [1.54, 1.807) is 11.0 Å². The number of piperazine rings is 1. The van der Waals surface area contributed by atoms with Crippen molar-refractivity contribution < 1.29 is 24.2 Å². The highest BCUT2D eigenvalue weighted by atomic mass is 16.5. The molecule has 2 unspecified atom stereocenters. The first-order valence-corrected chi connectivity index (χ1v) is 19.9. The van der Waals surface area contributed by atoms with Crippen LogP contribution in [-0.4, -0.2) is 138 Å². The van der Waals surface area contributed by atoms with Gasteiger partial charge in [-0.25, -0.2) is 0 Å². The highest BCUT2D eigenvalue weighted by Crippen LogP contribution is 2.53. The third kappa shape index (κ3) is 6.18. The van der Waals surface area contributed by atoms with E-state index in [0.717, 1.165) is 119 Å². The number of methoxy groups -OCH3 is 1. The number of fused-ring (bicyclic) bond motifs is 5. The summed E-state index contributed by atoms with van der Waals surface area (Å²) in [6.07, 6.45) is 2.48. The van der Waals surface area contributed by atoms with Crippen LogP contribution < -0.4 is 20.4 Å². The molecule has 288 valence electrons. The molecular weight excluding hydrogens is 699 g/mol. The molecule has 7 heterocycles. The summed E-state index contributed by atoms with van der Waals surface area (Å²) in [6.45, 7) is 10.4. The van der Waals surface area contributed by atoms with E-state index >= 15 is 0 Å². The van der Waals surface area contributed by atoms with Gasteiger partial charge in [0.05, 0.1) is 23.0 Å². The Morgan fingerprint density at radius 2 is 1.73 bits per heavy atom. The summed E-state index contributed by atoms with van der Waals surface area (Å²) in [5.41, 5.74) is 4.91. The van der Waals surface area contributed by atoms with Crippen LogP contribution >= 0.6 is 0 Å². The molecule has 3 aromatic rings. The summed E-state index contributed by atoms with van der Waals surface area (Å²) in [7, 11) is 1.87. The number of benzene rings is 2. The van der Waals surface area contributed by atoms with Gasteiger partial charge >= 0.3 is 0 Å². The van der Waals surface area contributed by atoms with E-state index in [1.807, 2.05) is 37.4 Å². The van der Waals surface area contributed by atoms with Gasteiger partial charge in [0.25, 0.3) is 5.91 Å². The maximum Gasteiger partial charge on any atom is 0.255 e. The van der Waals surface area contributed by atoms with Gasteiger partial charge < -0.3 is 29.9 Å². The fourth-order valence-corrected chi connectivity index (χ4v) is 10.5. The molecule has 3 amide bonds. The number of aromatic nitrogens is 2. The maximum absolute atomic E-state index is 13.4. The number of hydrogen-bond donors (Lipinski definition) is 3. The van der Waals surface area contributed by atoms with Crippen molar-refractivity contribution in [3.05, 3.63) is 59.7 Å². The average molecular weight is 748 g/mol. The smallest absolute Gasteiger partial charge is 0.255 e. The fourth-order valence-electron chi connectivity index (χ4n) is 10.5. The minimum Gasteiger partial charge on any atom is -0.507 e. The average Bonchev–Trinajstić information content (AvgIpc) is 3.47. The Balaban J connectivity index is 0.706. The molecule has 5 fully saturated rings. The topological polar surface area (TPSA) is 147 Å². The first kappa shape index (κ1) is 34.7. The van der Waals surface area contributed by atoms with Crippen molar-refractivity contribution >= 4 is 34.9 Å². The number of hydrogen-bond acceptors (Lipinski definition) is 12. The molecule has 14 nitrogen and oxygen atoms in total. The van der Waals surface area contributed by atoms with Crippen LogP contribution in [0.25, 0.3) is 11.3 Å². The van der Waals surface area contributed by atoms with Gasteiger partial charge in [-0.15, -0.1) is 10.2 Å². The van der Waals surface area contributed by atoms with Crippen molar-refractivity contribution in [1.82, 2.24) is 30.2 Å². The number of phenolic OH excluding ortho intramolecular Hbond substituents is 1. The molecule has 5 atom stereocenters. The number of ether oxygens (including phenoxy) is 1. The quantitative estimate of drug-likeness (QED) is 0.291. The summed E-state index contributed by atoms with van der Waals surface area (Å²) in [4.78, 5) is 49.3. The number of phenols is 1. The lowest BCUT2D eigenvalue weighted by atomic mass is 9.89. The Morgan fingerprint density at radius 1 is 0.909 bits per heavy atom. The van der Waals surface area contributed by atoms with Crippen molar-refractivity contribution in [1.29, 1.82) is 0 Å². The van der Waals surface area contributed by atoms with Crippen molar-refractivity contribution in [2.45, 2.75) is 49.9 Å². The van der Waals surface area contributed by atoms with E-state index in [9.17, 15) is 19.5 Å². The Kier molecular flexibility index (Phi) is 8.48. The standard InChI is InChI=1S/C41H49N9O5/c1-55-41(10-12-48(13-11-41)26-7-6-25-19-50(40(54)29(25)16-26)34-8-9-37(52)43-39(34)53)24-47-22-31-30(32(31)23-47)21-46-14-15-49-27(20-46)18-42-38-35(49)17-33(44-45-38)28-4-2-3-5-36(28)51/h2-7,16-17,27,30-32,34,51H,8-15,18-24H2,1H3,(H,42,45)(H,43,52,53)/t27-,30?,31-,32+,34?/m0/s1. The van der Waals surface area contributed by atoms with Gasteiger partial charge in [-0.05, 0) is 72.9 Å². The van der Waals surface area contributed by atoms with E-state index in [1.165, 1.54) is 0 Å². The second-order valence-corrected chi connectivity index (χ2v) is 16.8. The number of piperidine rings is 3. The Labute approximate surface area is 320 Å². The van der Waals surface area contributed by atoms with E-state index in [-0.39, 0.29) is 35.5 Å². The third-order valence-corrected chi connectivity index (χ3v) is 13.7. The van der Waals surface area contributed by atoms with Gasteiger partial charge in [0.1, 0.15) is 11.8 Å². The van der Waals surface area contributed by atoms with Crippen molar-refractivity contribution in [2.75, 3.05) is 87.7 Å². The number of amides is 3. The molecule has 1 aromatic heterocycles. The number of rotatable bonds is 8. The summed E-state index contributed by atoms with van der Waals surface area (Å²) in [6, 6.07) is 15.2. The lowest BCUT2D eigenvalue weighted by Gasteiger charge is -2.46. The zero-order valence-electron chi connectivity index (χ0n) is 31.3. The Hall–Kier alpha value is -4.79. The molecule has 1 saturated carbocycles. The molecule has 0 bridgehead atoms. The summed E-state index contributed by atoms with van der Waals surface area (Å²) >= 11 is 0. The molecule has 1 aliphatic carbocycles. The molecule has 7 aliphatic rings. The zero-order chi connectivity index (χ0) is 37.4. The minimum absolute atomic E-state index is 0.130. The van der Waals surface area contributed by atoms with Crippen LogP contribution in [0.2, 0.25) is 0 Å². The lowest BCUT2D eigenvalue weighted by Crippen LogP contribution is -2.58. The molecule has 14 heteroatoms. The highest BCUT2D eigenvalue weighted by molar-refractivity contribution is 6.05. The molecule has 0 spiro atoms. The molecule has 0 radical (unpaired) electrons. The van der Waals surface area contributed by atoms with Crippen LogP contribution in [0.5, 0.6) is 5.75 Å². The van der Waals surface area contributed by atoms with Crippen LogP contribution in [-0.2, 0) is 20.9 Å². The number of anilines is 3. The van der Waals surface area contributed by atoms with Crippen LogP contribution in [0, 0.1) is 17.8 Å². The second-order valence-electron chi connectivity index (χ2n) is 16.8. The largest absolute Gasteiger partial charge is 0.507 e. The second kappa shape index (κ2) is 13.5. The minimum atomic E-state index is -0.599. The van der Waals surface area contributed by atoms with Gasteiger partial charge in [-0.1, -0.05) is 18.2 Å². The first-order valence-electron chi connectivity index (χ1n) is 19.9. The van der Waals surface area contributed by atoms with E-state index in [4.69, 9.17) is 4.74 Å². The van der Waals surface area contributed by atoms with Crippen molar-refractivity contribution in [3.8, 4) is 17.0 Å². The van der Waals surface area contributed by atoms with Crippen LogP contribution in [0.1, 0.15) is 41.6 Å². The number of likely N-dealkylation sites (tertiary alicyclic amines) is 1. The predicted octanol–water partition coefficient (Wildman–Crippen LogP) is 2.39. The summed E-state index contributed by atoms with van der Waals surface area (Å²) < 4.78 is 6.30. The summed E-state index contributed by atoms with van der Waals surface area (Å²) in [5.74, 6) is 2.54. The third-order valence-electron chi connectivity index (χ3n) is 13.7. The van der Waals surface area contributed by atoms with Crippen molar-refractivity contribution in [2.24, 2.45) is 17.8 Å². The van der Waals surface area contributed by atoms with Gasteiger partial charge in [0.15, 0.2) is 5.82 Å².